The summed E-state index contributed by atoms with van der Waals surface area (Å²) in [6.07, 6.45) is 6.25. The Hall–Kier alpha value is -2.83. The van der Waals surface area contributed by atoms with Crippen molar-refractivity contribution in [1.82, 2.24) is 5.43 Å². The summed E-state index contributed by atoms with van der Waals surface area (Å²) >= 11 is 6.70. The summed E-state index contributed by atoms with van der Waals surface area (Å²) in [6, 6.07) is 10.5. The van der Waals surface area contributed by atoms with Gasteiger partial charge in [0.15, 0.2) is 11.5 Å². The number of anilines is 1. The number of hydrazone groups is 1. The largest absolute Gasteiger partial charge is 0.493 e. The van der Waals surface area contributed by atoms with Crippen LogP contribution < -0.4 is 20.2 Å². The van der Waals surface area contributed by atoms with Gasteiger partial charge in [-0.05, 0) is 61.7 Å². The Labute approximate surface area is 185 Å². The van der Waals surface area contributed by atoms with Crippen LogP contribution in [0.1, 0.15) is 12.0 Å². The van der Waals surface area contributed by atoms with E-state index in [1.54, 1.807) is 30.3 Å². The quantitative estimate of drug-likeness (QED) is 0.239. The molecule has 0 aromatic heterocycles. The number of rotatable bonds is 8. The molecule has 0 saturated heterocycles. The molecule has 2 N–H and O–H groups in total. The maximum Gasteiger partial charge on any atom is 0.249 e. The second-order valence-electron chi connectivity index (χ2n) is 5.52. The minimum absolute atomic E-state index is 0.0973. The Morgan fingerprint density at radius 1 is 1.21 bits per heavy atom. The molecule has 0 aliphatic carbocycles. The summed E-state index contributed by atoms with van der Waals surface area (Å²) in [7, 11) is 1.50. The maximum absolute atomic E-state index is 12.0. The number of benzene rings is 2. The van der Waals surface area contributed by atoms with Gasteiger partial charge in [0.25, 0.3) is 0 Å². The fourth-order valence-corrected chi connectivity index (χ4v) is 3.15. The van der Waals surface area contributed by atoms with Crippen LogP contribution in [-0.4, -0.2) is 31.7 Å². The number of nitrogens with one attached hydrogen (secondary N) is 2. The van der Waals surface area contributed by atoms with Crippen LogP contribution in [0.2, 0.25) is 0 Å². The van der Waals surface area contributed by atoms with E-state index < -0.39 is 11.8 Å². The minimum atomic E-state index is -0.550. The molecule has 7 nitrogen and oxygen atoms in total. The number of methoxy groups -OCH3 is 1. The van der Waals surface area contributed by atoms with Crippen LogP contribution in [0.25, 0.3) is 0 Å². The van der Waals surface area contributed by atoms with E-state index in [0.717, 1.165) is 4.47 Å². The van der Waals surface area contributed by atoms with E-state index in [2.05, 4.69) is 53.6 Å². The summed E-state index contributed by atoms with van der Waals surface area (Å²) in [4.78, 5) is 23.9. The van der Waals surface area contributed by atoms with Crippen molar-refractivity contribution >= 4 is 55.6 Å². The lowest BCUT2D eigenvalue weighted by Gasteiger charge is -2.11. The van der Waals surface area contributed by atoms with Crippen molar-refractivity contribution in [2.45, 2.75) is 6.42 Å². The van der Waals surface area contributed by atoms with Gasteiger partial charge in [0, 0.05) is 4.47 Å². The average molecular weight is 523 g/mol. The van der Waals surface area contributed by atoms with E-state index in [4.69, 9.17) is 15.9 Å². The van der Waals surface area contributed by atoms with Crippen molar-refractivity contribution in [3.8, 4) is 23.8 Å². The molecule has 0 unspecified atom stereocenters. The minimum Gasteiger partial charge on any atom is -0.493 e. The van der Waals surface area contributed by atoms with Crippen LogP contribution in [-0.2, 0) is 9.59 Å². The zero-order valence-electron chi connectivity index (χ0n) is 15.4. The van der Waals surface area contributed by atoms with Gasteiger partial charge in [-0.15, -0.1) is 6.42 Å². The van der Waals surface area contributed by atoms with Gasteiger partial charge in [-0.2, -0.15) is 5.10 Å². The van der Waals surface area contributed by atoms with Crippen LogP contribution in [0.4, 0.5) is 5.69 Å². The first-order chi connectivity index (χ1) is 13.9. The molecular weight excluding hydrogens is 506 g/mol. The van der Waals surface area contributed by atoms with Gasteiger partial charge in [0.2, 0.25) is 11.8 Å². The molecule has 2 rings (SSSR count). The molecule has 0 radical (unpaired) electrons. The molecule has 2 amide bonds. The number of hydrogen-bond donors (Lipinski definition) is 2. The Morgan fingerprint density at radius 3 is 2.66 bits per heavy atom. The molecule has 0 aliphatic rings. The van der Waals surface area contributed by atoms with E-state index in [1.165, 1.54) is 13.3 Å². The number of carbonyl (C=O) groups is 2. The highest BCUT2D eigenvalue weighted by Gasteiger charge is 2.12. The second-order valence-corrected chi connectivity index (χ2v) is 7.23. The predicted octanol–water partition coefficient (Wildman–Crippen LogP) is 3.71. The fraction of sp³-hybridized carbons (Fsp3) is 0.150. The summed E-state index contributed by atoms with van der Waals surface area (Å²) in [5.74, 6) is 2.30. The molecule has 2 aromatic rings. The van der Waals surface area contributed by atoms with Gasteiger partial charge in [-0.1, -0.05) is 18.1 Å². The molecule has 0 fully saturated rings. The standard InChI is InChI=1S/C20H17Br2N3O4/c1-3-8-29-20-15(22)9-13(10-17(20)28-2)12-23-25-19(27)11-18(26)24-16-7-5-4-6-14(16)21/h1,4-7,9-10,12H,8,11H2,2H3,(H,24,26)(H,25,27). The van der Waals surface area contributed by atoms with Gasteiger partial charge < -0.3 is 14.8 Å². The SMILES string of the molecule is C#CCOc1c(Br)cc(C=NNC(=O)CC(=O)Nc2ccccc2Br)cc1OC. The third kappa shape index (κ3) is 6.93. The summed E-state index contributed by atoms with van der Waals surface area (Å²) in [5.41, 5.74) is 3.53. The van der Waals surface area contributed by atoms with Crippen molar-refractivity contribution in [1.29, 1.82) is 0 Å². The van der Waals surface area contributed by atoms with Gasteiger partial charge >= 0.3 is 0 Å². The van der Waals surface area contributed by atoms with Crippen LogP contribution in [0.3, 0.4) is 0 Å². The molecule has 9 heteroatoms. The smallest absolute Gasteiger partial charge is 0.249 e. The monoisotopic (exact) mass is 521 g/mol. The first-order valence-corrected chi connectivity index (χ1v) is 9.83. The topological polar surface area (TPSA) is 89.0 Å². The molecule has 2 aromatic carbocycles. The number of halogens is 2. The number of nitrogens with zero attached hydrogens (tertiary/aromatic N) is 1. The summed E-state index contributed by atoms with van der Waals surface area (Å²) < 4.78 is 12.1. The van der Waals surface area contributed by atoms with Crippen LogP contribution >= 0.6 is 31.9 Å². The Bertz CT molecular complexity index is 971. The number of carbonyl (C=O) groups excluding carboxylic acids is 2. The predicted molar refractivity (Wildman–Crippen MR) is 118 cm³/mol. The third-order valence-electron chi connectivity index (χ3n) is 3.42. The summed E-state index contributed by atoms with van der Waals surface area (Å²) in [5, 5.41) is 6.51. The lowest BCUT2D eigenvalue weighted by Crippen LogP contribution is -2.24. The molecule has 0 saturated carbocycles. The van der Waals surface area contributed by atoms with E-state index in [1.807, 2.05) is 6.07 Å². The van der Waals surface area contributed by atoms with E-state index >= 15 is 0 Å². The zero-order chi connectivity index (χ0) is 21.2. The lowest BCUT2D eigenvalue weighted by molar-refractivity contribution is -0.126. The average Bonchev–Trinajstić information content (AvgIpc) is 2.68. The van der Waals surface area contributed by atoms with E-state index in [-0.39, 0.29) is 13.0 Å². The molecule has 0 atom stereocenters. The molecule has 0 aliphatic heterocycles. The van der Waals surface area contributed by atoms with Crippen LogP contribution in [0.5, 0.6) is 11.5 Å². The number of hydrogen-bond acceptors (Lipinski definition) is 5. The molecule has 0 spiro atoms. The number of amides is 2. The first kappa shape index (κ1) is 22.5. The van der Waals surface area contributed by atoms with Crippen molar-refractivity contribution in [2.75, 3.05) is 19.0 Å². The van der Waals surface area contributed by atoms with Gasteiger partial charge in [0.05, 0.1) is 23.5 Å². The molecule has 29 heavy (non-hydrogen) atoms. The van der Waals surface area contributed by atoms with Crippen LogP contribution in [0.15, 0.2) is 50.4 Å². The lowest BCUT2D eigenvalue weighted by atomic mass is 10.2. The Kier molecular flexibility index (Phi) is 8.70. The highest BCUT2D eigenvalue weighted by Crippen LogP contribution is 2.36. The van der Waals surface area contributed by atoms with E-state index in [9.17, 15) is 9.59 Å². The number of ether oxygens (including phenoxy) is 2. The molecule has 150 valence electrons. The van der Waals surface area contributed by atoms with Crippen LogP contribution in [0, 0.1) is 12.3 Å². The normalized spacial score (nSPS) is 10.3. The van der Waals surface area contributed by atoms with Gasteiger partial charge in [-0.3, -0.25) is 9.59 Å². The van der Waals surface area contributed by atoms with E-state index in [0.29, 0.717) is 27.2 Å². The Balaban J connectivity index is 1.94. The van der Waals surface area contributed by atoms with Crippen molar-refractivity contribution in [2.24, 2.45) is 5.10 Å². The first-order valence-electron chi connectivity index (χ1n) is 8.24. The summed E-state index contributed by atoms with van der Waals surface area (Å²) in [6.45, 7) is 0.0973. The van der Waals surface area contributed by atoms with Gasteiger partial charge in [-0.25, -0.2) is 5.43 Å². The molecule has 0 heterocycles. The maximum atomic E-state index is 12.0. The molecular formula is C20H17Br2N3O4. The van der Waals surface area contributed by atoms with Gasteiger partial charge in [0.1, 0.15) is 13.0 Å². The number of para-hydroxylation sites is 1. The number of terminal acetylenes is 1. The molecule has 0 bridgehead atoms. The zero-order valence-corrected chi connectivity index (χ0v) is 18.5. The third-order valence-corrected chi connectivity index (χ3v) is 4.70. The van der Waals surface area contributed by atoms with Crippen molar-refractivity contribution in [3.63, 3.8) is 0 Å². The highest BCUT2D eigenvalue weighted by molar-refractivity contribution is 9.11. The van der Waals surface area contributed by atoms with Crippen molar-refractivity contribution < 1.29 is 19.1 Å². The highest BCUT2D eigenvalue weighted by atomic mass is 79.9. The van der Waals surface area contributed by atoms with Crippen molar-refractivity contribution in [3.05, 3.63) is 50.9 Å². The fourth-order valence-electron chi connectivity index (χ4n) is 2.19. The Morgan fingerprint density at radius 2 is 1.97 bits per heavy atom. The second kappa shape index (κ2) is 11.2.